The van der Waals surface area contributed by atoms with E-state index < -0.39 is 0 Å². The molecular formula is C17H23N3O2S. The number of thioether (sulfide) groups is 1. The summed E-state index contributed by atoms with van der Waals surface area (Å²) in [6, 6.07) is 7.81. The van der Waals surface area contributed by atoms with Crippen LogP contribution in [-0.2, 0) is 9.59 Å². The summed E-state index contributed by atoms with van der Waals surface area (Å²) in [5.74, 6) is 0.388. The Morgan fingerprint density at radius 1 is 1.39 bits per heavy atom. The van der Waals surface area contributed by atoms with Gasteiger partial charge in [0.2, 0.25) is 11.8 Å². The van der Waals surface area contributed by atoms with Crippen molar-refractivity contribution in [1.29, 1.82) is 0 Å². The van der Waals surface area contributed by atoms with Gasteiger partial charge in [0.1, 0.15) is 6.54 Å². The number of piperidine rings is 1. The zero-order valence-corrected chi connectivity index (χ0v) is 14.2. The number of anilines is 1. The summed E-state index contributed by atoms with van der Waals surface area (Å²) in [4.78, 5) is 29.7. The molecule has 2 aliphatic rings. The van der Waals surface area contributed by atoms with E-state index in [4.69, 9.17) is 5.73 Å². The molecule has 0 spiro atoms. The first kappa shape index (κ1) is 16.3. The van der Waals surface area contributed by atoms with Crippen molar-refractivity contribution in [2.45, 2.75) is 43.2 Å². The number of fused-ring (bicyclic) bond motifs is 1. The van der Waals surface area contributed by atoms with Crippen LogP contribution >= 0.6 is 11.8 Å². The summed E-state index contributed by atoms with van der Waals surface area (Å²) in [5.41, 5.74) is 6.90. The van der Waals surface area contributed by atoms with Crippen molar-refractivity contribution >= 4 is 29.3 Å². The minimum Gasteiger partial charge on any atom is -0.337 e. The molecule has 1 fully saturated rings. The molecule has 0 bridgehead atoms. The van der Waals surface area contributed by atoms with Crippen LogP contribution in [0.1, 0.15) is 26.2 Å². The molecule has 0 saturated carbocycles. The number of rotatable bonds is 3. The number of benzene rings is 1. The minimum atomic E-state index is -0.0425. The van der Waals surface area contributed by atoms with E-state index in [0.717, 1.165) is 36.4 Å². The van der Waals surface area contributed by atoms with Crippen LogP contribution in [0.4, 0.5) is 5.69 Å². The van der Waals surface area contributed by atoms with Crippen LogP contribution in [-0.4, -0.2) is 47.6 Å². The average molecular weight is 333 g/mol. The predicted octanol–water partition coefficient (Wildman–Crippen LogP) is 1.85. The first-order chi connectivity index (χ1) is 11.1. The Morgan fingerprint density at radius 3 is 2.96 bits per heavy atom. The Kier molecular flexibility index (Phi) is 4.92. The second-order valence-corrected chi connectivity index (χ2v) is 7.26. The fourth-order valence-corrected chi connectivity index (χ4v) is 4.30. The molecule has 1 aromatic carbocycles. The molecule has 0 radical (unpaired) electrons. The Bertz CT molecular complexity index is 605. The molecule has 2 heterocycles. The second kappa shape index (κ2) is 6.93. The lowest BCUT2D eigenvalue weighted by Gasteiger charge is -2.39. The molecule has 1 saturated heterocycles. The third-order valence-electron chi connectivity index (χ3n) is 4.58. The smallest absolute Gasteiger partial charge is 0.242 e. The lowest BCUT2D eigenvalue weighted by Crippen LogP contribution is -2.55. The molecule has 2 amide bonds. The van der Waals surface area contributed by atoms with Gasteiger partial charge < -0.3 is 15.5 Å². The maximum atomic E-state index is 12.8. The maximum Gasteiger partial charge on any atom is 0.242 e. The van der Waals surface area contributed by atoms with Gasteiger partial charge in [-0.15, -0.1) is 11.8 Å². The van der Waals surface area contributed by atoms with Crippen molar-refractivity contribution in [3.8, 4) is 0 Å². The third-order valence-corrected chi connectivity index (χ3v) is 5.63. The molecule has 124 valence electrons. The van der Waals surface area contributed by atoms with Gasteiger partial charge in [-0.25, -0.2) is 0 Å². The summed E-state index contributed by atoms with van der Waals surface area (Å²) >= 11 is 1.53. The van der Waals surface area contributed by atoms with Crippen LogP contribution in [0.25, 0.3) is 0 Å². The van der Waals surface area contributed by atoms with Crippen LogP contribution in [0.3, 0.4) is 0 Å². The number of hydrogen-bond donors (Lipinski definition) is 1. The quantitative estimate of drug-likeness (QED) is 0.917. The largest absolute Gasteiger partial charge is 0.337 e. The Morgan fingerprint density at radius 2 is 2.17 bits per heavy atom. The van der Waals surface area contributed by atoms with Crippen molar-refractivity contribution < 1.29 is 9.59 Å². The monoisotopic (exact) mass is 333 g/mol. The fourth-order valence-electron chi connectivity index (χ4n) is 3.37. The fraction of sp³-hybridized carbons (Fsp3) is 0.529. The van der Waals surface area contributed by atoms with Gasteiger partial charge in [0.15, 0.2) is 0 Å². The normalized spacial score (nSPS) is 22.7. The van der Waals surface area contributed by atoms with Gasteiger partial charge in [0.25, 0.3) is 0 Å². The zero-order valence-electron chi connectivity index (χ0n) is 13.4. The van der Waals surface area contributed by atoms with Crippen molar-refractivity contribution in [2.75, 3.05) is 23.7 Å². The molecule has 0 aliphatic carbocycles. The number of hydrogen-bond acceptors (Lipinski definition) is 4. The molecule has 6 heteroatoms. The number of carbonyl (C=O) groups is 2. The standard InChI is InChI=1S/C17H23N3O2S/c1-12(18)13-6-4-5-9-19(13)16(21)10-20-14-7-2-3-8-15(14)23-11-17(20)22/h2-3,7-8,12-13H,4-6,9-11,18H2,1H3. The minimum absolute atomic E-state index is 0.00190. The zero-order chi connectivity index (χ0) is 16.4. The lowest BCUT2D eigenvalue weighted by molar-refractivity contribution is -0.135. The number of para-hydroxylation sites is 1. The first-order valence-corrected chi connectivity index (χ1v) is 9.13. The van der Waals surface area contributed by atoms with Crippen LogP contribution in [0, 0.1) is 0 Å². The SMILES string of the molecule is CC(N)C1CCCCN1C(=O)CN1C(=O)CSc2ccccc21. The first-order valence-electron chi connectivity index (χ1n) is 8.15. The Balaban J connectivity index is 1.78. The maximum absolute atomic E-state index is 12.8. The number of nitrogens with zero attached hydrogens (tertiary/aromatic N) is 2. The lowest BCUT2D eigenvalue weighted by atomic mass is 9.97. The average Bonchev–Trinajstić information content (AvgIpc) is 2.57. The Labute approximate surface area is 141 Å². The third kappa shape index (κ3) is 3.38. The van der Waals surface area contributed by atoms with E-state index in [1.54, 1.807) is 4.90 Å². The van der Waals surface area contributed by atoms with Crippen LogP contribution in [0.5, 0.6) is 0 Å². The molecule has 3 rings (SSSR count). The summed E-state index contributed by atoms with van der Waals surface area (Å²) < 4.78 is 0. The number of carbonyl (C=O) groups excluding carboxylic acids is 2. The van der Waals surface area contributed by atoms with Crippen molar-refractivity contribution in [1.82, 2.24) is 4.90 Å². The van der Waals surface area contributed by atoms with E-state index >= 15 is 0 Å². The van der Waals surface area contributed by atoms with Gasteiger partial charge in [0.05, 0.1) is 11.4 Å². The summed E-state index contributed by atoms with van der Waals surface area (Å²) in [6.07, 6.45) is 3.07. The van der Waals surface area contributed by atoms with Gasteiger partial charge in [-0.3, -0.25) is 9.59 Å². The Hall–Kier alpha value is -1.53. The van der Waals surface area contributed by atoms with Gasteiger partial charge in [-0.05, 0) is 38.3 Å². The molecule has 2 atom stereocenters. The summed E-state index contributed by atoms with van der Waals surface area (Å²) in [6.45, 7) is 2.80. The highest BCUT2D eigenvalue weighted by atomic mass is 32.2. The molecular weight excluding hydrogens is 310 g/mol. The van der Waals surface area contributed by atoms with E-state index in [2.05, 4.69) is 0 Å². The second-order valence-electron chi connectivity index (χ2n) is 6.25. The van der Waals surface area contributed by atoms with Gasteiger partial charge in [-0.1, -0.05) is 12.1 Å². The van der Waals surface area contributed by atoms with E-state index in [1.165, 1.54) is 11.8 Å². The van der Waals surface area contributed by atoms with Gasteiger partial charge in [0, 0.05) is 23.5 Å². The summed E-state index contributed by atoms with van der Waals surface area (Å²) in [5, 5.41) is 0. The molecule has 1 aromatic rings. The number of likely N-dealkylation sites (tertiary alicyclic amines) is 1. The molecule has 2 N–H and O–H groups in total. The topological polar surface area (TPSA) is 66.6 Å². The molecule has 2 aliphatic heterocycles. The molecule has 2 unspecified atom stereocenters. The van der Waals surface area contributed by atoms with Crippen molar-refractivity contribution in [2.24, 2.45) is 5.73 Å². The van der Waals surface area contributed by atoms with Crippen LogP contribution in [0.15, 0.2) is 29.2 Å². The van der Waals surface area contributed by atoms with E-state index in [0.29, 0.717) is 5.75 Å². The van der Waals surface area contributed by atoms with Crippen molar-refractivity contribution in [3.63, 3.8) is 0 Å². The molecule has 0 aromatic heterocycles. The highest BCUT2D eigenvalue weighted by Crippen LogP contribution is 2.35. The van der Waals surface area contributed by atoms with Gasteiger partial charge in [-0.2, -0.15) is 0 Å². The van der Waals surface area contributed by atoms with E-state index in [1.807, 2.05) is 36.1 Å². The predicted molar refractivity (Wildman–Crippen MR) is 92.5 cm³/mol. The number of nitrogens with two attached hydrogens (primary N) is 1. The number of amides is 2. The van der Waals surface area contributed by atoms with E-state index in [9.17, 15) is 9.59 Å². The highest BCUT2D eigenvalue weighted by Gasteiger charge is 2.32. The summed E-state index contributed by atoms with van der Waals surface area (Å²) in [7, 11) is 0. The van der Waals surface area contributed by atoms with Gasteiger partial charge >= 0.3 is 0 Å². The highest BCUT2D eigenvalue weighted by molar-refractivity contribution is 8.00. The van der Waals surface area contributed by atoms with Crippen LogP contribution < -0.4 is 10.6 Å². The molecule has 5 nitrogen and oxygen atoms in total. The molecule has 23 heavy (non-hydrogen) atoms. The van der Waals surface area contributed by atoms with Crippen LogP contribution in [0.2, 0.25) is 0 Å². The van der Waals surface area contributed by atoms with Crippen molar-refractivity contribution in [3.05, 3.63) is 24.3 Å². The van der Waals surface area contributed by atoms with E-state index in [-0.39, 0.29) is 30.4 Å².